The Kier molecular flexibility index (Phi) is 2.91. The van der Waals surface area contributed by atoms with E-state index in [1.165, 1.54) is 0 Å². The minimum absolute atomic E-state index is 0.485. The lowest BCUT2D eigenvalue weighted by atomic mass is 10.3. The van der Waals surface area contributed by atoms with Crippen molar-refractivity contribution in [3.63, 3.8) is 0 Å². The summed E-state index contributed by atoms with van der Waals surface area (Å²) >= 11 is 0. The van der Waals surface area contributed by atoms with Crippen LogP contribution in [0.4, 0.5) is 11.6 Å². The van der Waals surface area contributed by atoms with Gasteiger partial charge < -0.3 is 10.6 Å². The van der Waals surface area contributed by atoms with Crippen LogP contribution in [0.3, 0.4) is 0 Å². The zero-order valence-corrected chi connectivity index (χ0v) is 9.35. The largest absolute Gasteiger partial charge is 0.384 e. The Morgan fingerprint density at radius 3 is 2.94 bits per heavy atom. The molecule has 1 fully saturated rings. The number of nitrogens with zero attached hydrogens (tertiary/aromatic N) is 4. The Bertz CT molecular complexity index is 419. The van der Waals surface area contributed by atoms with Crippen molar-refractivity contribution in [2.24, 2.45) is 0 Å². The van der Waals surface area contributed by atoms with Gasteiger partial charge in [0.25, 0.3) is 0 Å². The fourth-order valence-electron chi connectivity index (χ4n) is 1.52. The first kappa shape index (κ1) is 10.7. The Morgan fingerprint density at radius 2 is 2.31 bits per heavy atom. The first-order chi connectivity index (χ1) is 7.70. The third kappa shape index (κ3) is 2.40. The summed E-state index contributed by atoms with van der Waals surface area (Å²) in [5, 5.41) is 8.54. The number of anilines is 2. The van der Waals surface area contributed by atoms with E-state index in [9.17, 15) is 0 Å². The molecule has 0 unspecified atom stereocenters. The van der Waals surface area contributed by atoms with Crippen molar-refractivity contribution in [2.75, 3.05) is 24.2 Å². The van der Waals surface area contributed by atoms with Crippen molar-refractivity contribution in [3.05, 3.63) is 11.9 Å². The summed E-state index contributed by atoms with van der Waals surface area (Å²) < 4.78 is 0. The number of rotatable bonds is 4. The molecule has 1 saturated carbocycles. The number of aromatic nitrogens is 2. The molecule has 0 amide bonds. The van der Waals surface area contributed by atoms with E-state index in [0.29, 0.717) is 24.7 Å². The number of hydrogen-bond donors (Lipinski definition) is 1. The van der Waals surface area contributed by atoms with E-state index in [1.807, 2.05) is 11.9 Å². The summed E-state index contributed by atoms with van der Waals surface area (Å²) in [6.07, 6.45) is 2.80. The van der Waals surface area contributed by atoms with Gasteiger partial charge in [0.05, 0.1) is 12.5 Å². The quantitative estimate of drug-likeness (QED) is 0.822. The molecule has 0 aliphatic heterocycles. The number of nitriles is 1. The van der Waals surface area contributed by atoms with Crippen LogP contribution in [0, 0.1) is 11.3 Å². The predicted octanol–water partition coefficient (Wildman–Crippen LogP) is 1.29. The van der Waals surface area contributed by atoms with Crippen LogP contribution in [0.2, 0.25) is 0 Å². The van der Waals surface area contributed by atoms with Gasteiger partial charge in [-0.05, 0) is 12.8 Å². The smallest absolute Gasteiger partial charge is 0.136 e. The highest BCUT2D eigenvalue weighted by Gasteiger charge is 2.27. The van der Waals surface area contributed by atoms with Crippen LogP contribution in [-0.2, 0) is 0 Å². The zero-order chi connectivity index (χ0) is 11.5. The molecule has 84 valence electrons. The standard InChI is InChI=1S/C11H15N5/c1-16(6-2-5-12)10-7-9(13)14-11(15-10)8-3-4-8/h7-8H,2-4,6H2,1H3,(H2,13,14,15). The van der Waals surface area contributed by atoms with Crippen LogP contribution >= 0.6 is 0 Å². The van der Waals surface area contributed by atoms with E-state index in [1.54, 1.807) is 6.07 Å². The fourth-order valence-corrected chi connectivity index (χ4v) is 1.52. The molecular formula is C11H15N5. The molecule has 1 aromatic heterocycles. The van der Waals surface area contributed by atoms with E-state index in [0.717, 1.165) is 24.5 Å². The predicted molar refractivity (Wildman–Crippen MR) is 61.9 cm³/mol. The van der Waals surface area contributed by atoms with Crippen molar-refractivity contribution in [1.29, 1.82) is 5.26 Å². The second kappa shape index (κ2) is 4.35. The maximum atomic E-state index is 8.54. The topological polar surface area (TPSA) is 78.8 Å². The lowest BCUT2D eigenvalue weighted by Gasteiger charge is -2.17. The zero-order valence-electron chi connectivity index (χ0n) is 9.35. The van der Waals surface area contributed by atoms with Crippen molar-refractivity contribution in [2.45, 2.75) is 25.2 Å². The minimum Gasteiger partial charge on any atom is -0.384 e. The molecule has 1 heterocycles. The molecule has 1 aromatic rings. The van der Waals surface area contributed by atoms with Gasteiger partial charge in [-0.2, -0.15) is 5.26 Å². The third-order valence-corrected chi connectivity index (χ3v) is 2.64. The summed E-state index contributed by atoms with van der Waals surface area (Å²) in [6.45, 7) is 0.664. The molecule has 0 atom stereocenters. The highest BCUT2D eigenvalue weighted by molar-refractivity contribution is 5.47. The van der Waals surface area contributed by atoms with Crippen molar-refractivity contribution in [3.8, 4) is 6.07 Å². The summed E-state index contributed by atoms with van der Waals surface area (Å²) in [4.78, 5) is 10.6. The van der Waals surface area contributed by atoms with E-state index in [4.69, 9.17) is 11.0 Å². The Hall–Kier alpha value is -1.83. The number of hydrogen-bond acceptors (Lipinski definition) is 5. The SMILES string of the molecule is CN(CCC#N)c1cc(N)nc(C2CC2)n1. The summed E-state index contributed by atoms with van der Waals surface area (Å²) in [7, 11) is 1.91. The molecule has 0 saturated heterocycles. The second-order valence-corrected chi connectivity index (χ2v) is 4.11. The molecule has 2 N–H and O–H groups in total. The van der Waals surface area contributed by atoms with Gasteiger partial charge >= 0.3 is 0 Å². The van der Waals surface area contributed by atoms with Crippen LogP contribution in [0.1, 0.15) is 31.0 Å². The van der Waals surface area contributed by atoms with Gasteiger partial charge in [0.15, 0.2) is 0 Å². The summed E-state index contributed by atoms with van der Waals surface area (Å²) in [6, 6.07) is 3.87. The average molecular weight is 217 g/mol. The minimum atomic E-state index is 0.485. The number of nitrogens with two attached hydrogens (primary N) is 1. The van der Waals surface area contributed by atoms with E-state index < -0.39 is 0 Å². The monoisotopic (exact) mass is 217 g/mol. The van der Waals surface area contributed by atoms with Crippen LogP contribution in [0.5, 0.6) is 0 Å². The maximum absolute atomic E-state index is 8.54. The lowest BCUT2D eigenvalue weighted by molar-refractivity contribution is 0.852. The molecule has 1 aliphatic carbocycles. The Balaban J connectivity index is 2.16. The molecule has 5 heteroatoms. The molecular weight excluding hydrogens is 202 g/mol. The first-order valence-corrected chi connectivity index (χ1v) is 5.43. The molecule has 5 nitrogen and oxygen atoms in total. The third-order valence-electron chi connectivity index (χ3n) is 2.64. The highest BCUT2D eigenvalue weighted by atomic mass is 15.2. The average Bonchev–Trinajstić information content (AvgIpc) is 3.08. The maximum Gasteiger partial charge on any atom is 0.136 e. The molecule has 0 radical (unpaired) electrons. The Morgan fingerprint density at radius 1 is 1.56 bits per heavy atom. The van der Waals surface area contributed by atoms with Gasteiger partial charge in [0.1, 0.15) is 17.5 Å². The van der Waals surface area contributed by atoms with Gasteiger partial charge in [-0.3, -0.25) is 0 Å². The van der Waals surface area contributed by atoms with E-state index >= 15 is 0 Å². The first-order valence-electron chi connectivity index (χ1n) is 5.43. The highest BCUT2D eigenvalue weighted by Crippen LogP contribution is 2.38. The van der Waals surface area contributed by atoms with Gasteiger partial charge in [-0.25, -0.2) is 9.97 Å². The van der Waals surface area contributed by atoms with Gasteiger partial charge in [-0.1, -0.05) is 0 Å². The van der Waals surface area contributed by atoms with Gasteiger partial charge in [-0.15, -0.1) is 0 Å². The summed E-state index contributed by atoms with van der Waals surface area (Å²) in [5.41, 5.74) is 5.75. The molecule has 0 aromatic carbocycles. The normalized spacial score (nSPS) is 14.5. The van der Waals surface area contributed by atoms with E-state index in [2.05, 4.69) is 16.0 Å². The summed E-state index contributed by atoms with van der Waals surface area (Å²) in [5.74, 6) is 2.66. The molecule has 16 heavy (non-hydrogen) atoms. The van der Waals surface area contributed by atoms with Gasteiger partial charge in [0.2, 0.25) is 0 Å². The second-order valence-electron chi connectivity index (χ2n) is 4.11. The number of nitrogen functional groups attached to an aromatic ring is 1. The lowest BCUT2D eigenvalue weighted by Crippen LogP contribution is -2.20. The van der Waals surface area contributed by atoms with Crippen LogP contribution in [0.15, 0.2) is 6.07 Å². The Labute approximate surface area is 94.9 Å². The van der Waals surface area contributed by atoms with Crippen LogP contribution in [0.25, 0.3) is 0 Å². The molecule has 2 rings (SSSR count). The van der Waals surface area contributed by atoms with Crippen molar-refractivity contribution < 1.29 is 0 Å². The van der Waals surface area contributed by atoms with E-state index in [-0.39, 0.29) is 0 Å². The van der Waals surface area contributed by atoms with Crippen LogP contribution in [-0.4, -0.2) is 23.6 Å². The fraction of sp³-hybridized carbons (Fsp3) is 0.545. The van der Waals surface area contributed by atoms with Crippen LogP contribution < -0.4 is 10.6 Å². The molecule has 1 aliphatic rings. The van der Waals surface area contributed by atoms with Crippen molar-refractivity contribution >= 4 is 11.6 Å². The molecule has 0 bridgehead atoms. The van der Waals surface area contributed by atoms with Gasteiger partial charge in [0, 0.05) is 25.6 Å². The molecule has 0 spiro atoms. The van der Waals surface area contributed by atoms with Crippen molar-refractivity contribution in [1.82, 2.24) is 9.97 Å².